The van der Waals surface area contributed by atoms with Crippen LogP contribution < -0.4 is 14.2 Å². The third kappa shape index (κ3) is 2.82. The molecule has 0 bridgehead atoms. The lowest BCUT2D eigenvalue weighted by molar-refractivity contribution is -0.116. The fourth-order valence-electron chi connectivity index (χ4n) is 1.56. The third-order valence-electron chi connectivity index (χ3n) is 2.32. The van der Waals surface area contributed by atoms with Crippen molar-refractivity contribution in [3.8, 4) is 17.2 Å². The monoisotopic (exact) mass is 258 g/mol. The molecule has 4 nitrogen and oxygen atoms in total. The Labute approximate surface area is 105 Å². The largest absolute Gasteiger partial charge is 0.496 e. The number of rotatable bonds is 5. The number of hydrogen-bond donors (Lipinski definition) is 0. The summed E-state index contributed by atoms with van der Waals surface area (Å²) in [4.78, 5) is 11.2. The first-order valence-corrected chi connectivity index (χ1v) is 5.39. The summed E-state index contributed by atoms with van der Waals surface area (Å²) in [7, 11) is 4.52. The van der Waals surface area contributed by atoms with Crippen molar-refractivity contribution in [1.82, 2.24) is 0 Å². The second-order valence-electron chi connectivity index (χ2n) is 3.49. The van der Waals surface area contributed by atoms with Gasteiger partial charge in [-0.15, -0.1) is 0 Å². The molecule has 0 saturated heterocycles. The van der Waals surface area contributed by atoms with Crippen molar-refractivity contribution in [3.63, 3.8) is 0 Å². The highest BCUT2D eigenvalue weighted by Crippen LogP contribution is 2.42. The second-order valence-corrected chi connectivity index (χ2v) is 3.86. The van der Waals surface area contributed by atoms with Crippen molar-refractivity contribution in [2.24, 2.45) is 0 Å². The lowest BCUT2D eigenvalue weighted by atomic mass is 10.1. The van der Waals surface area contributed by atoms with E-state index < -0.39 is 0 Å². The van der Waals surface area contributed by atoms with Gasteiger partial charge in [0.25, 0.3) is 0 Å². The van der Waals surface area contributed by atoms with Crippen LogP contribution in [0.5, 0.6) is 17.2 Å². The number of ketones is 1. The summed E-state index contributed by atoms with van der Waals surface area (Å²) in [6.07, 6.45) is 0.197. The molecule has 1 aromatic carbocycles. The minimum atomic E-state index is -0.00239. The predicted molar refractivity (Wildman–Crippen MR) is 65.5 cm³/mol. The molecule has 0 spiro atoms. The Hall–Kier alpha value is -1.42. The quantitative estimate of drug-likeness (QED) is 0.814. The van der Waals surface area contributed by atoms with E-state index >= 15 is 0 Å². The maximum absolute atomic E-state index is 11.2. The van der Waals surface area contributed by atoms with Crippen LogP contribution in [0.1, 0.15) is 12.5 Å². The van der Waals surface area contributed by atoms with Crippen LogP contribution in [0.4, 0.5) is 0 Å². The molecule has 0 unspecified atom stereocenters. The van der Waals surface area contributed by atoms with Crippen LogP contribution >= 0.6 is 11.6 Å². The SMILES string of the molecule is COc1cc(OC)c(OC)c(Cl)c1CC(C)=O. The van der Waals surface area contributed by atoms with Crippen molar-refractivity contribution in [3.05, 3.63) is 16.7 Å². The van der Waals surface area contributed by atoms with E-state index in [2.05, 4.69) is 0 Å². The Morgan fingerprint density at radius 1 is 1.18 bits per heavy atom. The van der Waals surface area contributed by atoms with Gasteiger partial charge in [-0.2, -0.15) is 0 Å². The van der Waals surface area contributed by atoms with Crippen molar-refractivity contribution < 1.29 is 19.0 Å². The fourth-order valence-corrected chi connectivity index (χ4v) is 1.89. The van der Waals surface area contributed by atoms with Gasteiger partial charge < -0.3 is 14.2 Å². The molecule has 1 rings (SSSR count). The molecule has 0 aliphatic rings. The highest BCUT2D eigenvalue weighted by Gasteiger charge is 2.19. The highest BCUT2D eigenvalue weighted by molar-refractivity contribution is 6.33. The number of methoxy groups -OCH3 is 3. The zero-order valence-corrected chi connectivity index (χ0v) is 11.1. The van der Waals surface area contributed by atoms with E-state index in [1.54, 1.807) is 6.07 Å². The van der Waals surface area contributed by atoms with Gasteiger partial charge in [0.1, 0.15) is 11.5 Å². The van der Waals surface area contributed by atoms with Gasteiger partial charge >= 0.3 is 0 Å². The third-order valence-corrected chi connectivity index (χ3v) is 2.72. The number of carbonyl (C=O) groups is 1. The molecule has 0 amide bonds. The standard InChI is InChI=1S/C12H15ClO4/c1-7(14)5-8-9(15-2)6-10(16-3)12(17-4)11(8)13/h6H,5H2,1-4H3. The maximum atomic E-state index is 11.2. The molecular formula is C12H15ClO4. The van der Waals surface area contributed by atoms with Crippen molar-refractivity contribution >= 4 is 17.4 Å². The molecule has 0 aliphatic carbocycles. The fraction of sp³-hybridized carbons (Fsp3) is 0.417. The Balaban J connectivity index is 3.40. The predicted octanol–water partition coefficient (Wildman–Crippen LogP) is 2.50. The molecule has 1 aromatic rings. The Bertz CT molecular complexity index is 429. The number of hydrogen-bond acceptors (Lipinski definition) is 4. The molecule has 0 N–H and O–H groups in total. The van der Waals surface area contributed by atoms with Crippen LogP contribution in [0.3, 0.4) is 0 Å². The molecule has 0 fully saturated rings. The molecule has 17 heavy (non-hydrogen) atoms. The molecule has 0 radical (unpaired) electrons. The first-order chi connectivity index (χ1) is 8.04. The van der Waals surface area contributed by atoms with E-state index in [1.807, 2.05) is 0 Å². The number of carbonyl (C=O) groups excluding carboxylic acids is 1. The van der Waals surface area contributed by atoms with Crippen LogP contribution in [-0.2, 0) is 11.2 Å². The maximum Gasteiger partial charge on any atom is 0.179 e. The summed E-state index contributed by atoms with van der Waals surface area (Å²) in [5, 5.41) is 0.346. The first kappa shape index (κ1) is 13.6. The Morgan fingerprint density at radius 3 is 2.18 bits per heavy atom. The number of ether oxygens (including phenoxy) is 3. The van der Waals surface area contributed by atoms with E-state index in [-0.39, 0.29) is 12.2 Å². The highest BCUT2D eigenvalue weighted by atomic mass is 35.5. The number of benzene rings is 1. The molecule has 0 saturated carbocycles. The van der Waals surface area contributed by atoms with E-state index in [0.29, 0.717) is 27.8 Å². The smallest absolute Gasteiger partial charge is 0.179 e. The normalized spacial score (nSPS) is 9.94. The Morgan fingerprint density at radius 2 is 1.76 bits per heavy atom. The summed E-state index contributed by atoms with van der Waals surface area (Å²) in [6, 6.07) is 1.66. The van der Waals surface area contributed by atoms with Crippen LogP contribution in [0.2, 0.25) is 5.02 Å². The molecule has 0 aliphatic heterocycles. The van der Waals surface area contributed by atoms with Gasteiger partial charge in [0.2, 0.25) is 0 Å². The van der Waals surface area contributed by atoms with E-state index in [0.717, 1.165) is 0 Å². The van der Waals surface area contributed by atoms with E-state index in [4.69, 9.17) is 25.8 Å². The average Bonchev–Trinajstić information content (AvgIpc) is 2.30. The minimum Gasteiger partial charge on any atom is -0.496 e. The van der Waals surface area contributed by atoms with Crippen molar-refractivity contribution in [1.29, 1.82) is 0 Å². The number of Topliss-reactive ketones (excluding diaryl/α,β-unsaturated/α-hetero) is 1. The van der Waals surface area contributed by atoms with Crippen LogP contribution in [0.25, 0.3) is 0 Å². The van der Waals surface area contributed by atoms with Gasteiger partial charge in [0, 0.05) is 18.1 Å². The second kappa shape index (κ2) is 5.77. The van der Waals surface area contributed by atoms with E-state index in [9.17, 15) is 4.79 Å². The van der Waals surface area contributed by atoms with Crippen molar-refractivity contribution in [2.45, 2.75) is 13.3 Å². The van der Waals surface area contributed by atoms with Gasteiger partial charge in [-0.05, 0) is 6.92 Å². The average molecular weight is 259 g/mol. The molecule has 94 valence electrons. The molecule has 0 atom stereocenters. The summed E-state index contributed by atoms with van der Waals surface area (Å²) in [6.45, 7) is 1.49. The van der Waals surface area contributed by atoms with E-state index in [1.165, 1.54) is 28.3 Å². The zero-order chi connectivity index (χ0) is 13.0. The van der Waals surface area contributed by atoms with Gasteiger partial charge in [-0.1, -0.05) is 11.6 Å². The summed E-state index contributed by atoms with van der Waals surface area (Å²) >= 11 is 6.18. The molecule has 5 heteroatoms. The zero-order valence-electron chi connectivity index (χ0n) is 10.3. The van der Waals surface area contributed by atoms with Gasteiger partial charge in [0.05, 0.1) is 26.4 Å². The molecular weight excluding hydrogens is 244 g/mol. The molecule has 0 heterocycles. The first-order valence-electron chi connectivity index (χ1n) is 5.01. The van der Waals surface area contributed by atoms with Crippen molar-refractivity contribution in [2.75, 3.05) is 21.3 Å². The summed E-state index contributed by atoms with van der Waals surface area (Å²) < 4.78 is 15.5. The van der Waals surface area contributed by atoms with Crippen LogP contribution in [0.15, 0.2) is 6.07 Å². The number of halogens is 1. The van der Waals surface area contributed by atoms with Gasteiger partial charge in [-0.3, -0.25) is 4.79 Å². The van der Waals surface area contributed by atoms with Gasteiger partial charge in [0.15, 0.2) is 11.5 Å². The Kier molecular flexibility index (Phi) is 4.63. The molecule has 0 aromatic heterocycles. The van der Waals surface area contributed by atoms with Gasteiger partial charge in [-0.25, -0.2) is 0 Å². The van der Waals surface area contributed by atoms with Crippen LogP contribution in [0, 0.1) is 0 Å². The topological polar surface area (TPSA) is 44.8 Å². The summed E-state index contributed by atoms with van der Waals surface area (Å²) in [5.74, 6) is 1.40. The minimum absolute atomic E-state index is 0.00239. The lowest BCUT2D eigenvalue weighted by Crippen LogP contribution is -2.03. The lowest BCUT2D eigenvalue weighted by Gasteiger charge is -2.15. The summed E-state index contributed by atoms with van der Waals surface area (Å²) in [5.41, 5.74) is 0.610. The van der Waals surface area contributed by atoms with Crippen LogP contribution in [-0.4, -0.2) is 27.1 Å².